The van der Waals surface area contributed by atoms with E-state index in [-0.39, 0.29) is 0 Å². The van der Waals surface area contributed by atoms with Crippen LogP contribution < -0.4 is 4.74 Å². The van der Waals surface area contributed by atoms with Gasteiger partial charge in [0.1, 0.15) is 5.75 Å². The zero-order valence-corrected chi connectivity index (χ0v) is 9.22. The van der Waals surface area contributed by atoms with Gasteiger partial charge in [-0.05, 0) is 18.6 Å². The van der Waals surface area contributed by atoms with Gasteiger partial charge in [0.25, 0.3) is 0 Å². The summed E-state index contributed by atoms with van der Waals surface area (Å²) in [5.41, 5.74) is 2.37. The molecule has 0 aliphatic heterocycles. The predicted molar refractivity (Wildman–Crippen MR) is 59.2 cm³/mol. The van der Waals surface area contributed by atoms with E-state index in [1.165, 1.54) is 10.9 Å². The van der Waals surface area contributed by atoms with Crippen molar-refractivity contribution in [2.24, 2.45) is 7.05 Å². The highest BCUT2D eigenvalue weighted by Gasteiger charge is 2.08. The molecule has 0 unspecified atom stereocenters. The molecule has 0 radical (unpaired) electrons. The van der Waals surface area contributed by atoms with Gasteiger partial charge in [0, 0.05) is 24.7 Å². The molecular formula is C11H12ClNO. The van der Waals surface area contributed by atoms with Crippen LogP contribution in [0.4, 0.5) is 0 Å². The Hall–Kier alpha value is -1.15. The van der Waals surface area contributed by atoms with Crippen LogP contribution in [-0.2, 0) is 7.05 Å². The van der Waals surface area contributed by atoms with Crippen molar-refractivity contribution in [2.75, 3.05) is 7.11 Å². The maximum atomic E-state index is 6.05. The van der Waals surface area contributed by atoms with Gasteiger partial charge in [-0.15, -0.1) is 0 Å². The Labute approximate surface area is 88.0 Å². The van der Waals surface area contributed by atoms with Crippen molar-refractivity contribution in [1.82, 2.24) is 4.57 Å². The Morgan fingerprint density at radius 2 is 2.07 bits per heavy atom. The zero-order valence-electron chi connectivity index (χ0n) is 8.47. The number of aryl methyl sites for hydroxylation is 2. The molecule has 1 aromatic heterocycles. The molecule has 0 spiro atoms. The first-order chi connectivity index (χ1) is 6.63. The number of hydrogen-bond donors (Lipinski definition) is 0. The topological polar surface area (TPSA) is 14.2 Å². The summed E-state index contributed by atoms with van der Waals surface area (Å²) in [5.74, 6) is 0.723. The van der Waals surface area contributed by atoms with Gasteiger partial charge in [0.2, 0.25) is 0 Å². The van der Waals surface area contributed by atoms with Crippen molar-refractivity contribution >= 4 is 22.5 Å². The lowest BCUT2D eigenvalue weighted by molar-refractivity contribution is 0.415. The van der Waals surface area contributed by atoms with Crippen molar-refractivity contribution in [3.05, 3.63) is 28.9 Å². The van der Waals surface area contributed by atoms with E-state index in [0.29, 0.717) is 5.02 Å². The highest BCUT2D eigenvalue weighted by molar-refractivity contribution is 6.32. The number of benzene rings is 1. The third kappa shape index (κ3) is 1.26. The van der Waals surface area contributed by atoms with Crippen molar-refractivity contribution in [2.45, 2.75) is 6.92 Å². The summed E-state index contributed by atoms with van der Waals surface area (Å²) >= 11 is 6.05. The average Bonchev–Trinajstić information content (AvgIpc) is 2.41. The summed E-state index contributed by atoms with van der Waals surface area (Å²) < 4.78 is 7.24. The van der Waals surface area contributed by atoms with Crippen LogP contribution in [0.1, 0.15) is 5.56 Å². The summed E-state index contributed by atoms with van der Waals surface area (Å²) in [4.78, 5) is 0. The van der Waals surface area contributed by atoms with Gasteiger partial charge in [0.15, 0.2) is 0 Å². The molecule has 1 aromatic carbocycles. The third-order valence-corrected chi connectivity index (χ3v) is 2.76. The second-order valence-electron chi connectivity index (χ2n) is 3.43. The Morgan fingerprint density at radius 3 is 2.71 bits per heavy atom. The largest absolute Gasteiger partial charge is 0.495 e. The van der Waals surface area contributed by atoms with Gasteiger partial charge in [0.05, 0.1) is 17.6 Å². The van der Waals surface area contributed by atoms with Gasteiger partial charge in [-0.3, -0.25) is 0 Å². The van der Waals surface area contributed by atoms with E-state index in [9.17, 15) is 0 Å². The lowest BCUT2D eigenvalue weighted by atomic mass is 10.2. The second-order valence-corrected chi connectivity index (χ2v) is 3.83. The molecule has 0 saturated carbocycles. The lowest BCUT2D eigenvalue weighted by Crippen LogP contribution is -1.87. The lowest BCUT2D eigenvalue weighted by Gasteiger charge is -2.04. The molecule has 0 saturated heterocycles. The minimum Gasteiger partial charge on any atom is -0.495 e. The van der Waals surface area contributed by atoms with Crippen molar-refractivity contribution in [1.29, 1.82) is 0 Å². The number of hydrogen-bond acceptors (Lipinski definition) is 1. The van der Waals surface area contributed by atoms with E-state index in [4.69, 9.17) is 16.3 Å². The Kier molecular flexibility index (Phi) is 2.16. The summed E-state index contributed by atoms with van der Waals surface area (Å²) in [6.07, 6.45) is 2.08. The normalized spacial score (nSPS) is 10.9. The van der Waals surface area contributed by atoms with Gasteiger partial charge >= 0.3 is 0 Å². The molecule has 1 heterocycles. The summed E-state index contributed by atoms with van der Waals surface area (Å²) in [6.45, 7) is 2.07. The van der Waals surface area contributed by atoms with Gasteiger partial charge in [-0.2, -0.15) is 0 Å². The molecule has 0 fully saturated rings. The van der Waals surface area contributed by atoms with Gasteiger partial charge in [-0.1, -0.05) is 11.6 Å². The van der Waals surface area contributed by atoms with Crippen molar-refractivity contribution in [3.63, 3.8) is 0 Å². The molecule has 2 aromatic rings. The zero-order chi connectivity index (χ0) is 10.3. The Balaban J connectivity index is 2.82. The molecule has 0 amide bonds. The van der Waals surface area contributed by atoms with E-state index in [1.807, 2.05) is 19.2 Å². The molecular weight excluding hydrogens is 198 g/mol. The molecule has 2 nitrogen and oxygen atoms in total. The molecule has 14 heavy (non-hydrogen) atoms. The van der Waals surface area contributed by atoms with Crippen LogP contribution in [0.15, 0.2) is 18.3 Å². The molecule has 3 heteroatoms. The van der Waals surface area contributed by atoms with Crippen molar-refractivity contribution < 1.29 is 4.74 Å². The summed E-state index contributed by atoms with van der Waals surface area (Å²) in [6, 6.07) is 3.91. The van der Waals surface area contributed by atoms with E-state index >= 15 is 0 Å². The first kappa shape index (κ1) is 9.41. The monoisotopic (exact) mass is 209 g/mol. The summed E-state index contributed by atoms with van der Waals surface area (Å²) in [5, 5.41) is 1.84. The van der Waals surface area contributed by atoms with Crippen LogP contribution >= 0.6 is 11.6 Å². The number of nitrogens with zero attached hydrogens (tertiary/aromatic N) is 1. The number of fused-ring (bicyclic) bond motifs is 1. The number of methoxy groups -OCH3 is 1. The van der Waals surface area contributed by atoms with Crippen LogP contribution in [0.5, 0.6) is 5.75 Å². The quantitative estimate of drug-likeness (QED) is 0.704. The van der Waals surface area contributed by atoms with Crippen LogP contribution in [0.25, 0.3) is 10.9 Å². The number of ether oxygens (including phenoxy) is 1. The molecule has 0 atom stereocenters. The Bertz CT molecular complexity index is 487. The van der Waals surface area contributed by atoms with Gasteiger partial charge in [-0.25, -0.2) is 0 Å². The van der Waals surface area contributed by atoms with Gasteiger partial charge < -0.3 is 9.30 Å². The minimum absolute atomic E-state index is 0.661. The third-order valence-electron chi connectivity index (χ3n) is 2.46. The average molecular weight is 210 g/mol. The fourth-order valence-electron chi connectivity index (χ4n) is 1.74. The van der Waals surface area contributed by atoms with Crippen LogP contribution in [0.2, 0.25) is 5.02 Å². The van der Waals surface area contributed by atoms with Crippen molar-refractivity contribution in [3.8, 4) is 5.75 Å². The highest BCUT2D eigenvalue weighted by Crippen LogP contribution is 2.31. The van der Waals surface area contributed by atoms with E-state index in [0.717, 1.165) is 11.3 Å². The standard InChI is InChI=1S/C11H12ClNO/c1-7-6-13(2)10-5-11(14-3)9(12)4-8(7)10/h4-6H,1-3H3. The number of rotatable bonds is 1. The molecule has 0 bridgehead atoms. The van der Waals surface area contributed by atoms with E-state index in [2.05, 4.69) is 17.7 Å². The molecule has 0 aliphatic rings. The Morgan fingerprint density at radius 1 is 1.36 bits per heavy atom. The maximum absolute atomic E-state index is 6.05. The SMILES string of the molecule is COc1cc2c(cc1Cl)c(C)cn2C. The highest BCUT2D eigenvalue weighted by atomic mass is 35.5. The fraction of sp³-hybridized carbons (Fsp3) is 0.273. The first-order valence-electron chi connectivity index (χ1n) is 4.42. The predicted octanol–water partition coefficient (Wildman–Crippen LogP) is 3.15. The van der Waals surface area contributed by atoms with Crippen LogP contribution in [0, 0.1) is 6.92 Å². The maximum Gasteiger partial charge on any atom is 0.139 e. The number of aromatic nitrogens is 1. The molecule has 0 aliphatic carbocycles. The van der Waals surface area contributed by atoms with Crippen LogP contribution in [0.3, 0.4) is 0 Å². The fourth-order valence-corrected chi connectivity index (χ4v) is 1.98. The second kappa shape index (κ2) is 3.21. The smallest absolute Gasteiger partial charge is 0.139 e. The van der Waals surface area contributed by atoms with E-state index in [1.54, 1.807) is 7.11 Å². The van der Waals surface area contributed by atoms with E-state index < -0.39 is 0 Å². The van der Waals surface area contributed by atoms with Crippen LogP contribution in [-0.4, -0.2) is 11.7 Å². The minimum atomic E-state index is 0.661. The summed E-state index contributed by atoms with van der Waals surface area (Å²) in [7, 11) is 3.64. The first-order valence-corrected chi connectivity index (χ1v) is 4.80. The molecule has 2 rings (SSSR count). The molecule has 74 valence electrons. The number of halogens is 1. The molecule has 0 N–H and O–H groups in total.